The number of amides is 2. The number of carbonyl (C=O) groups excluding carboxylic acids is 2. The van der Waals surface area contributed by atoms with Crippen molar-refractivity contribution in [2.75, 3.05) is 18.5 Å². The molecule has 226 valence electrons. The summed E-state index contributed by atoms with van der Waals surface area (Å²) in [6.45, 7) is 5.33. The van der Waals surface area contributed by atoms with Gasteiger partial charge in [0, 0.05) is 52.3 Å². The van der Waals surface area contributed by atoms with Crippen molar-refractivity contribution >= 4 is 34.8 Å². The number of carboxylic acid groups (broad SMARTS) is 1. The molecule has 1 aliphatic heterocycles. The molecule has 0 unspecified atom stereocenters. The zero-order valence-corrected chi connectivity index (χ0v) is 25.5. The van der Waals surface area contributed by atoms with Gasteiger partial charge in [0.25, 0.3) is 11.8 Å². The average molecular weight is 611 g/mol. The first kappa shape index (κ1) is 29.5. The highest BCUT2D eigenvalue weighted by Crippen LogP contribution is 2.43. The number of fused-ring (bicyclic) bond motifs is 3. The number of rotatable bonds is 8. The molecule has 10 heteroatoms. The number of carbonyl (C=O) groups is 3. The Morgan fingerprint density at radius 1 is 1.05 bits per heavy atom. The van der Waals surface area contributed by atoms with E-state index in [2.05, 4.69) is 28.6 Å². The molecule has 2 aromatic heterocycles. The van der Waals surface area contributed by atoms with Crippen molar-refractivity contribution < 1.29 is 24.2 Å². The number of benzene rings is 2. The van der Waals surface area contributed by atoms with Crippen LogP contribution in [0, 0.1) is 12.3 Å². The number of aromatic nitrogens is 1. The van der Waals surface area contributed by atoms with Crippen LogP contribution in [-0.4, -0.2) is 41.0 Å². The summed E-state index contributed by atoms with van der Waals surface area (Å²) in [5, 5.41) is 18.2. The lowest BCUT2D eigenvalue weighted by Gasteiger charge is -2.38. The molecule has 44 heavy (non-hydrogen) atoms. The molecule has 1 aliphatic carbocycles. The van der Waals surface area contributed by atoms with Gasteiger partial charge in [-0.3, -0.25) is 9.59 Å². The monoisotopic (exact) mass is 610 g/mol. The Labute approximate surface area is 259 Å². The van der Waals surface area contributed by atoms with Crippen LogP contribution in [0.4, 0.5) is 5.69 Å². The first-order valence-corrected chi connectivity index (χ1v) is 15.6. The number of nitrogens with two attached hydrogens (primary N) is 1. The van der Waals surface area contributed by atoms with Crippen LogP contribution in [0.2, 0.25) is 0 Å². The van der Waals surface area contributed by atoms with Crippen molar-refractivity contribution in [3.05, 3.63) is 87.6 Å². The summed E-state index contributed by atoms with van der Waals surface area (Å²) in [6.07, 6.45) is 3.92. The third-order valence-electron chi connectivity index (χ3n) is 8.62. The van der Waals surface area contributed by atoms with E-state index in [0.29, 0.717) is 43.1 Å². The van der Waals surface area contributed by atoms with Crippen molar-refractivity contribution in [3.63, 3.8) is 0 Å². The fraction of sp³-hybridized carbons (Fsp3) is 0.294. The summed E-state index contributed by atoms with van der Waals surface area (Å²) in [5.41, 5.74) is 10.6. The van der Waals surface area contributed by atoms with Crippen LogP contribution >= 0.6 is 11.3 Å². The minimum Gasteiger partial charge on any atom is -0.493 e. The Morgan fingerprint density at radius 3 is 2.57 bits per heavy atom. The Kier molecular flexibility index (Phi) is 7.96. The van der Waals surface area contributed by atoms with Crippen molar-refractivity contribution in [1.82, 2.24) is 10.3 Å². The first-order chi connectivity index (χ1) is 21.2. The van der Waals surface area contributed by atoms with Gasteiger partial charge in [0.15, 0.2) is 5.69 Å². The standard InChI is InChI=1S/C34H34N4O5S/c1-19-14-20(17-35)4-6-26(19)38-31(39)24-15-25-28(43-12-8-21-9-13-44-30(21)25)16-23(24)22-5-7-27(37-29(22)33(41)42)32(40)36-18-34(2)10-3-11-34/h4-7,9,13-16H,3,8,10-12,17-18,35H2,1-2H3,(H,36,40)(H,38,39)(H,41,42). The minimum atomic E-state index is -1.31. The maximum atomic E-state index is 14.0. The van der Waals surface area contributed by atoms with Gasteiger partial charge in [-0.15, -0.1) is 11.3 Å². The molecule has 0 radical (unpaired) electrons. The van der Waals surface area contributed by atoms with E-state index >= 15 is 0 Å². The fourth-order valence-electron chi connectivity index (χ4n) is 5.82. The predicted molar refractivity (Wildman–Crippen MR) is 170 cm³/mol. The zero-order chi connectivity index (χ0) is 31.0. The van der Waals surface area contributed by atoms with E-state index in [1.165, 1.54) is 6.07 Å². The van der Waals surface area contributed by atoms with E-state index in [9.17, 15) is 19.5 Å². The molecule has 6 rings (SSSR count). The maximum absolute atomic E-state index is 14.0. The number of anilines is 1. The highest BCUT2D eigenvalue weighted by atomic mass is 32.1. The third-order valence-corrected chi connectivity index (χ3v) is 9.61. The molecule has 5 N–H and O–H groups in total. The zero-order valence-electron chi connectivity index (χ0n) is 24.7. The van der Waals surface area contributed by atoms with E-state index in [-0.39, 0.29) is 27.9 Å². The minimum absolute atomic E-state index is 0.00457. The lowest BCUT2D eigenvalue weighted by molar-refractivity contribution is 0.0690. The summed E-state index contributed by atoms with van der Waals surface area (Å²) in [7, 11) is 0. The van der Waals surface area contributed by atoms with Gasteiger partial charge in [0.05, 0.1) is 6.61 Å². The number of hydrogen-bond acceptors (Lipinski definition) is 7. The molecule has 3 heterocycles. The average Bonchev–Trinajstić information content (AvgIpc) is 3.40. The summed E-state index contributed by atoms with van der Waals surface area (Å²) >= 11 is 1.56. The number of carboxylic acids is 1. The summed E-state index contributed by atoms with van der Waals surface area (Å²) in [4.78, 5) is 44.8. The van der Waals surface area contributed by atoms with Gasteiger partial charge in [-0.25, -0.2) is 9.78 Å². The number of aryl methyl sites for hydroxylation is 1. The molecule has 1 fully saturated rings. The van der Waals surface area contributed by atoms with Crippen molar-refractivity contribution in [1.29, 1.82) is 0 Å². The summed E-state index contributed by atoms with van der Waals surface area (Å²) in [5.74, 6) is -1.61. The van der Waals surface area contributed by atoms with Crippen LogP contribution in [-0.2, 0) is 13.0 Å². The van der Waals surface area contributed by atoms with Crippen LogP contribution < -0.4 is 21.1 Å². The second-order valence-electron chi connectivity index (χ2n) is 11.8. The van der Waals surface area contributed by atoms with Crippen LogP contribution in [0.3, 0.4) is 0 Å². The largest absolute Gasteiger partial charge is 0.493 e. The maximum Gasteiger partial charge on any atom is 0.355 e. The SMILES string of the molecule is Cc1cc(CN)ccc1NC(=O)c1cc2c(cc1-c1ccc(C(=O)NCC3(C)CCC3)nc1C(=O)O)OCCc1ccsc1-2. The smallest absolute Gasteiger partial charge is 0.355 e. The molecular formula is C34H34N4O5S. The topological polar surface area (TPSA) is 144 Å². The molecule has 0 spiro atoms. The molecule has 1 saturated carbocycles. The molecule has 2 aliphatic rings. The van der Waals surface area contributed by atoms with Crippen LogP contribution in [0.15, 0.2) is 53.9 Å². The highest BCUT2D eigenvalue weighted by molar-refractivity contribution is 7.13. The first-order valence-electron chi connectivity index (χ1n) is 14.7. The molecule has 2 amide bonds. The molecule has 0 saturated heterocycles. The predicted octanol–water partition coefficient (Wildman–Crippen LogP) is 6.05. The Balaban J connectivity index is 1.44. The highest BCUT2D eigenvalue weighted by Gasteiger charge is 2.32. The van der Waals surface area contributed by atoms with Crippen LogP contribution in [0.1, 0.15) is 74.2 Å². The lowest BCUT2D eigenvalue weighted by Crippen LogP contribution is -2.40. The molecular weight excluding hydrogens is 576 g/mol. The van der Waals surface area contributed by atoms with E-state index in [1.807, 2.05) is 24.4 Å². The molecule has 0 bridgehead atoms. The second kappa shape index (κ2) is 11.9. The van der Waals surface area contributed by atoms with Gasteiger partial charge in [0.1, 0.15) is 11.4 Å². The number of pyridine rings is 1. The second-order valence-corrected chi connectivity index (χ2v) is 12.7. The number of nitrogens with one attached hydrogen (secondary N) is 2. The summed E-state index contributed by atoms with van der Waals surface area (Å²) < 4.78 is 6.12. The molecule has 9 nitrogen and oxygen atoms in total. The van der Waals surface area contributed by atoms with Crippen molar-refractivity contribution in [2.45, 2.75) is 46.1 Å². The van der Waals surface area contributed by atoms with Gasteiger partial charge < -0.3 is 26.2 Å². The number of aromatic carboxylic acids is 1. The van der Waals surface area contributed by atoms with Crippen molar-refractivity contribution in [3.8, 4) is 27.3 Å². The Bertz CT molecular complexity index is 1790. The Hall–Kier alpha value is -4.54. The van der Waals surface area contributed by atoms with E-state index in [0.717, 1.165) is 46.4 Å². The lowest BCUT2D eigenvalue weighted by atomic mass is 9.70. The summed E-state index contributed by atoms with van der Waals surface area (Å²) in [6, 6.07) is 14.1. The number of hydrogen-bond donors (Lipinski definition) is 4. The molecule has 4 aromatic rings. The van der Waals surface area contributed by atoms with Gasteiger partial charge >= 0.3 is 5.97 Å². The number of nitrogens with zero attached hydrogens (tertiary/aromatic N) is 1. The molecule has 0 atom stereocenters. The normalized spacial score (nSPS) is 14.7. The quantitative estimate of drug-likeness (QED) is 0.190. The Morgan fingerprint density at radius 2 is 1.86 bits per heavy atom. The van der Waals surface area contributed by atoms with E-state index in [4.69, 9.17) is 10.5 Å². The molecule has 2 aromatic carbocycles. The fourth-order valence-corrected chi connectivity index (χ4v) is 6.79. The van der Waals surface area contributed by atoms with Gasteiger partial charge in [-0.05, 0) is 83.6 Å². The van der Waals surface area contributed by atoms with Crippen LogP contribution in [0.5, 0.6) is 5.75 Å². The number of ether oxygens (including phenoxy) is 1. The van der Waals surface area contributed by atoms with E-state index < -0.39 is 17.8 Å². The van der Waals surface area contributed by atoms with Crippen LogP contribution in [0.25, 0.3) is 21.6 Å². The third kappa shape index (κ3) is 5.70. The van der Waals surface area contributed by atoms with Gasteiger partial charge in [-0.1, -0.05) is 25.5 Å². The van der Waals surface area contributed by atoms with Gasteiger partial charge in [0.2, 0.25) is 0 Å². The number of thiophene rings is 1. The van der Waals surface area contributed by atoms with Gasteiger partial charge in [-0.2, -0.15) is 0 Å². The van der Waals surface area contributed by atoms with Crippen molar-refractivity contribution in [2.24, 2.45) is 11.1 Å². The van der Waals surface area contributed by atoms with E-state index in [1.54, 1.807) is 35.6 Å².